The fraction of sp³-hybridized carbons (Fsp3) is 0.370. The van der Waals surface area contributed by atoms with Gasteiger partial charge in [-0.25, -0.2) is 19.3 Å². The maximum Gasteiger partial charge on any atom is 0.334 e. The number of hydrogen-bond acceptors (Lipinski definition) is 8. The predicted molar refractivity (Wildman–Crippen MR) is 146 cm³/mol. The highest BCUT2D eigenvalue weighted by molar-refractivity contribution is 6.34. The van der Waals surface area contributed by atoms with Gasteiger partial charge in [0.05, 0.1) is 11.1 Å². The normalized spacial score (nSPS) is 20.2. The average molecular weight is 531 g/mol. The summed E-state index contributed by atoms with van der Waals surface area (Å²) in [6, 6.07) is 7.49. The zero-order valence-electron chi connectivity index (χ0n) is 20.7. The summed E-state index contributed by atoms with van der Waals surface area (Å²) in [5, 5.41) is 3.79. The molecule has 1 saturated carbocycles. The van der Waals surface area contributed by atoms with Crippen molar-refractivity contribution in [1.82, 2.24) is 24.5 Å². The Labute approximate surface area is 222 Å². The van der Waals surface area contributed by atoms with Crippen molar-refractivity contribution < 1.29 is 0 Å². The van der Waals surface area contributed by atoms with Crippen molar-refractivity contribution >= 4 is 34.3 Å². The predicted octanol–water partition coefficient (Wildman–Crippen LogP) is 2.93. The van der Waals surface area contributed by atoms with Gasteiger partial charge in [0.2, 0.25) is 0 Å². The van der Waals surface area contributed by atoms with E-state index in [1.165, 1.54) is 17.3 Å². The number of nitrogens with two attached hydrogens (primary N) is 1. The monoisotopic (exact) mass is 530 g/mol. The number of nitrogens with zero attached hydrogens (tertiary/aromatic N) is 5. The molecule has 11 heteroatoms. The van der Waals surface area contributed by atoms with Gasteiger partial charge in [-0.05, 0) is 72.9 Å². The van der Waals surface area contributed by atoms with E-state index >= 15 is 0 Å². The van der Waals surface area contributed by atoms with Gasteiger partial charge in [0.15, 0.2) is 0 Å². The van der Waals surface area contributed by atoms with Crippen LogP contribution in [-0.4, -0.2) is 43.6 Å². The van der Waals surface area contributed by atoms with Gasteiger partial charge < -0.3 is 16.0 Å². The summed E-state index contributed by atoms with van der Waals surface area (Å²) < 4.78 is 1.05. The minimum Gasteiger partial charge on any atom is -0.366 e. The molecule has 7 rings (SSSR count). The molecule has 1 aliphatic heterocycles. The van der Waals surface area contributed by atoms with Crippen LogP contribution in [-0.2, 0) is 6.42 Å². The lowest BCUT2D eigenvalue weighted by Gasteiger charge is -2.42. The lowest BCUT2D eigenvalue weighted by molar-refractivity contribution is 0.187. The van der Waals surface area contributed by atoms with Crippen LogP contribution in [0.3, 0.4) is 0 Å². The molecule has 4 N–H and O–H groups in total. The number of nitrogens with one attached hydrogen (secondary N) is 2. The Kier molecular flexibility index (Phi) is 5.31. The van der Waals surface area contributed by atoms with Gasteiger partial charge in [-0.2, -0.15) is 0 Å². The first-order valence-electron chi connectivity index (χ1n) is 12.9. The minimum absolute atomic E-state index is 0.00189. The fourth-order valence-corrected chi connectivity index (χ4v) is 6.24. The summed E-state index contributed by atoms with van der Waals surface area (Å²) in [6.07, 6.45) is 10.2. The van der Waals surface area contributed by atoms with Crippen molar-refractivity contribution in [3.8, 4) is 5.69 Å². The number of hydrogen-bond donors (Lipinski definition) is 3. The third-order valence-electron chi connectivity index (χ3n) is 8.33. The Morgan fingerprint density at radius 3 is 2.68 bits per heavy atom. The molecule has 3 aliphatic rings. The van der Waals surface area contributed by atoms with E-state index in [0.717, 1.165) is 55.6 Å². The molecule has 0 radical (unpaired) electrons. The molecule has 1 saturated heterocycles. The van der Waals surface area contributed by atoms with Crippen molar-refractivity contribution in [1.29, 1.82) is 0 Å². The van der Waals surface area contributed by atoms with Crippen LogP contribution in [0.4, 0.5) is 11.6 Å². The Hall–Kier alpha value is -3.76. The number of halogens is 1. The van der Waals surface area contributed by atoms with E-state index in [1.807, 2.05) is 24.5 Å². The number of aromatic amines is 1. The molecule has 0 unspecified atom stereocenters. The number of H-pyrrole nitrogens is 1. The second kappa shape index (κ2) is 8.64. The molecular weight excluding hydrogens is 504 g/mol. The van der Waals surface area contributed by atoms with Crippen LogP contribution in [0.5, 0.6) is 0 Å². The standard InChI is InChI=1S/C27H27ClN8O2/c28-21-19(6-10-31-24(21)32-16-1-2-16)36-25(37)18-3-4-20(33-23(18)34-26(36)38)35-11-7-27(8-12-35)13-15-14-30-9-5-17(15)22(27)29/h3-6,9-10,14,16,22H,1-2,7-8,11-13,29H2,(H,31,32)(H,33,34,38)/t22-/m1/s1. The molecular formula is C27H27ClN8O2. The summed E-state index contributed by atoms with van der Waals surface area (Å²) in [5.74, 6) is 1.19. The summed E-state index contributed by atoms with van der Waals surface area (Å²) in [4.78, 5) is 44.7. The van der Waals surface area contributed by atoms with Crippen molar-refractivity contribution in [3.63, 3.8) is 0 Å². The number of aromatic nitrogens is 5. The molecule has 38 heavy (non-hydrogen) atoms. The van der Waals surface area contributed by atoms with E-state index in [4.69, 9.17) is 17.3 Å². The number of pyridine rings is 3. The number of anilines is 2. The number of fused-ring (bicyclic) bond motifs is 2. The number of rotatable bonds is 4. The topological polar surface area (TPSA) is 135 Å². The zero-order valence-corrected chi connectivity index (χ0v) is 21.4. The smallest absolute Gasteiger partial charge is 0.334 e. The van der Waals surface area contributed by atoms with Crippen molar-refractivity contribution in [2.24, 2.45) is 11.1 Å². The third kappa shape index (κ3) is 3.70. The first-order valence-corrected chi connectivity index (χ1v) is 13.3. The summed E-state index contributed by atoms with van der Waals surface area (Å²) in [7, 11) is 0. The molecule has 4 aromatic rings. The van der Waals surface area contributed by atoms with Crippen LogP contribution in [0.25, 0.3) is 16.7 Å². The van der Waals surface area contributed by atoms with Gasteiger partial charge in [-0.15, -0.1) is 0 Å². The number of piperidine rings is 1. The van der Waals surface area contributed by atoms with Gasteiger partial charge >= 0.3 is 5.69 Å². The average Bonchev–Trinajstić information content (AvgIpc) is 3.70. The molecule has 10 nitrogen and oxygen atoms in total. The van der Waals surface area contributed by atoms with Gasteiger partial charge in [0.25, 0.3) is 5.56 Å². The summed E-state index contributed by atoms with van der Waals surface area (Å²) >= 11 is 6.56. The first kappa shape index (κ1) is 23.4. The molecule has 0 bridgehead atoms. The molecule has 5 heterocycles. The summed E-state index contributed by atoms with van der Waals surface area (Å²) in [5.41, 5.74) is 8.64. The highest BCUT2D eigenvalue weighted by Crippen LogP contribution is 2.50. The second-order valence-corrected chi connectivity index (χ2v) is 11.0. The second-order valence-electron chi connectivity index (χ2n) is 10.6. The maximum absolute atomic E-state index is 13.4. The minimum atomic E-state index is -0.599. The summed E-state index contributed by atoms with van der Waals surface area (Å²) in [6.45, 7) is 1.58. The van der Waals surface area contributed by atoms with E-state index in [-0.39, 0.29) is 27.8 Å². The molecule has 1 atom stereocenters. The lowest BCUT2D eigenvalue weighted by atomic mass is 9.73. The van der Waals surface area contributed by atoms with Gasteiger partial charge in [0, 0.05) is 43.8 Å². The molecule has 0 aromatic carbocycles. The van der Waals surface area contributed by atoms with Crippen molar-refractivity contribution in [3.05, 3.63) is 79.8 Å². The van der Waals surface area contributed by atoms with Crippen LogP contribution in [0.15, 0.2) is 52.4 Å². The van der Waals surface area contributed by atoms with Gasteiger partial charge in [-0.3, -0.25) is 14.8 Å². The van der Waals surface area contributed by atoms with Crippen molar-refractivity contribution in [2.45, 2.75) is 44.2 Å². The molecule has 1 spiro atoms. The van der Waals surface area contributed by atoms with E-state index in [2.05, 4.69) is 30.2 Å². The zero-order chi connectivity index (χ0) is 26.0. The lowest BCUT2D eigenvalue weighted by Crippen LogP contribution is -2.44. The highest BCUT2D eigenvalue weighted by atomic mass is 35.5. The Balaban J connectivity index is 1.17. The van der Waals surface area contributed by atoms with Crippen LogP contribution >= 0.6 is 11.6 Å². The molecule has 4 aromatic heterocycles. The third-order valence-corrected chi connectivity index (χ3v) is 8.70. The fourth-order valence-electron chi connectivity index (χ4n) is 5.99. The van der Waals surface area contributed by atoms with Crippen LogP contribution in [0.1, 0.15) is 42.9 Å². The molecule has 0 amide bonds. The largest absolute Gasteiger partial charge is 0.366 e. The van der Waals surface area contributed by atoms with Crippen molar-refractivity contribution in [2.75, 3.05) is 23.3 Å². The quantitative estimate of drug-likeness (QED) is 0.366. The van der Waals surface area contributed by atoms with E-state index in [1.54, 1.807) is 12.1 Å². The Morgan fingerprint density at radius 2 is 1.92 bits per heavy atom. The van der Waals surface area contributed by atoms with Crippen LogP contribution in [0, 0.1) is 5.41 Å². The molecule has 2 aliphatic carbocycles. The van der Waals surface area contributed by atoms with E-state index in [9.17, 15) is 9.59 Å². The Bertz CT molecular complexity index is 1690. The molecule has 2 fully saturated rings. The Morgan fingerprint density at radius 1 is 1.11 bits per heavy atom. The van der Waals surface area contributed by atoms with Gasteiger partial charge in [0.1, 0.15) is 22.3 Å². The van der Waals surface area contributed by atoms with Crippen LogP contribution < -0.4 is 27.2 Å². The maximum atomic E-state index is 13.4. The van der Waals surface area contributed by atoms with Gasteiger partial charge in [-0.1, -0.05) is 11.6 Å². The molecule has 194 valence electrons. The SMILES string of the molecule is N[C@@H]1c2ccncc2CC12CCN(c1ccc3c(=O)n(-c4ccnc(NC5CC5)c4Cl)c(=O)[nH]c3n1)CC2. The van der Waals surface area contributed by atoms with E-state index in [0.29, 0.717) is 17.2 Å². The van der Waals surface area contributed by atoms with E-state index < -0.39 is 11.2 Å². The highest BCUT2D eigenvalue weighted by Gasteiger charge is 2.46. The van der Waals surface area contributed by atoms with Crippen LogP contribution in [0.2, 0.25) is 5.02 Å². The first-order chi connectivity index (χ1) is 18.4.